The summed E-state index contributed by atoms with van der Waals surface area (Å²) in [4.78, 5) is 0. The van der Waals surface area contributed by atoms with Gasteiger partial charge < -0.3 is 9.15 Å². The van der Waals surface area contributed by atoms with Gasteiger partial charge in [0.25, 0.3) is 0 Å². The normalized spacial score (nSPS) is 12.9. The van der Waals surface area contributed by atoms with Gasteiger partial charge in [0.15, 0.2) is 0 Å². The third-order valence-electron chi connectivity index (χ3n) is 5.40. The van der Waals surface area contributed by atoms with Crippen LogP contribution in [-0.4, -0.2) is 7.11 Å². The smallest absolute Gasteiger partial charge is 0.138 e. The van der Waals surface area contributed by atoms with Gasteiger partial charge in [-0.3, -0.25) is 0 Å². The number of fused-ring (bicyclic) bond motifs is 2. The van der Waals surface area contributed by atoms with Crippen LogP contribution in [0.15, 0.2) is 71.3 Å². The fourth-order valence-electron chi connectivity index (χ4n) is 4.07. The first-order valence-corrected chi connectivity index (χ1v) is 9.18. The van der Waals surface area contributed by atoms with Crippen LogP contribution < -0.4 is 4.74 Å². The van der Waals surface area contributed by atoms with Crippen molar-refractivity contribution in [1.82, 2.24) is 0 Å². The number of allylic oxidation sites excluding steroid dienone is 1. The summed E-state index contributed by atoms with van der Waals surface area (Å²) in [6.07, 6.45) is 5.04. The lowest BCUT2D eigenvalue weighted by Crippen LogP contribution is -1.92. The van der Waals surface area contributed by atoms with Crippen molar-refractivity contribution in [3.63, 3.8) is 0 Å². The lowest BCUT2D eigenvalue weighted by atomic mass is 9.93. The Morgan fingerprint density at radius 3 is 2.74 bits per heavy atom. The zero-order chi connectivity index (χ0) is 18.4. The highest BCUT2D eigenvalue weighted by Crippen LogP contribution is 2.41. The van der Waals surface area contributed by atoms with E-state index in [1.807, 2.05) is 24.5 Å². The first-order chi connectivity index (χ1) is 13.2. The van der Waals surface area contributed by atoms with Gasteiger partial charge in [0, 0.05) is 22.8 Å². The number of aryl methyl sites for hydroxylation is 1. The third kappa shape index (κ3) is 2.57. The van der Waals surface area contributed by atoms with E-state index in [4.69, 9.17) is 9.15 Å². The Labute approximate surface area is 158 Å². The number of benzene rings is 3. The minimum Gasteiger partial charge on any atom is -0.497 e. The SMILES string of the molecule is COc1cccc(-c2c(C)ccc3c2C=C(c2occ4ccccc24)C3)c1. The van der Waals surface area contributed by atoms with E-state index in [0.29, 0.717) is 0 Å². The molecule has 0 amide bonds. The maximum absolute atomic E-state index is 5.95. The second kappa shape index (κ2) is 6.17. The number of ether oxygens (including phenoxy) is 1. The molecule has 0 bridgehead atoms. The molecule has 1 aliphatic rings. The fourth-order valence-corrected chi connectivity index (χ4v) is 4.07. The van der Waals surface area contributed by atoms with Crippen molar-refractivity contribution in [2.24, 2.45) is 0 Å². The zero-order valence-electron chi connectivity index (χ0n) is 15.5. The van der Waals surface area contributed by atoms with Gasteiger partial charge in [0.1, 0.15) is 11.5 Å². The van der Waals surface area contributed by atoms with Crippen molar-refractivity contribution in [3.05, 3.63) is 89.4 Å². The predicted molar refractivity (Wildman–Crippen MR) is 111 cm³/mol. The summed E-state index contributed by atoms with van der Waals surface area (Å²) in [6, 6.07) is 21.1. The average Bonchev–Trinajstić information content (AvgIpc) is 3.31. The molecule has 2 heteroatoms. The quantitative estimate of drug-likeness (QED) is 0.419. The maximum Gasteiger partial charge on any atom is 0.138 e. The van der Waals surface area contributed by atoms with Crippen LogP contribution in [0.5, 0.6) is 5.75 Å². The van der Waals surface area contributed by atoms with Gasteiger partial charge >= 0.3 is 0 Å². The molecule has 1 heterocycles. The summed E-state index contributed by atoms with van der Waals surface area (Å²) < 4.78 is 11.4. The molecule has 1 aromatic heterocycles. The number of furan rings is 1. The van der Waals surface area contributed by atoms with Gasteiger partial charge in [-0.2, -0.15) is 0 Å². The lowest BCUT2D eigenvalue weighted by molar-refractivity contribution is 0.415. The molecule has 0 fully saturated rings. The van der Waals surface area contributed by atoms with E-state index >= 15 is 0 Å². The summed E-state index contributed by atoms with van der Waals surface area (Å²) >= 11 is 0. The van der Waals surface area contributed by atoms with Crippen LogP contribution in [0.2, 0.25) is 0 Å². The van der Waals surface area contributed by atoms with Crippen LogP contribution in [0.3, 0.4) is 0 Å². The molecule has 3 aromatic carbocycles. The van der Waals surface area contributed by atoms with Crippen LogP contribution >= 0.6 is 0 Å². The Bertz CT molecular complexity index is 1190. The largest absolute Gasteiger partial charge is 0.497 e. The molecule has 1 aliphatic carbocycles. The molecule has 0 spiro atoms. The molecule has 2 nitrogen and oxygen atoms in total. The summed E-state index contributed by atoms with van der Waals surface area (Å²) in [5, 5.41) is 2.32. The topological polar surface area (TPSA) is 22.4 Å². The van der Waals surface area contributed by atoms with Gasteiger partial charge in [-0.15, -0.1) is 0 Å². The van der Waals surface area contributed by atoms with Gasteiger partial charge in [-0.25, -0.2) is 0 Å². The average molecular weight is 352 g/mol. The van der Waals surface area contributed by atoms with Crippen LogP contribution in [0.25, 0.3) is 33.5 Å². The Balaban J connectivity index is 1.67. The van der Waals surface area contributed by atoms with E-state index < -0.39 is 0 Å². The zero-order valence-corrected chi connectivity index (χ0v) is 15.5. The standard InChI is InChI=1S/C25H20O2/c1-16-10-11-17-12-20(25-22-9-4-3-6-19(22)15-27-25)14-23(17)24(16)18-7-5-8-21(13-18)26-2/h3-11,13-15H,12H2,1-2H3. The van der Waals surface area contributed by atoms with E-state index in [0.717, 1.165) is 23.3 Å². The Hall–Kier alpha value is -3.26. The van der Waals surface area contributed by atoms with E-state index in [1.165, 1.54) is 38.8 Å². The van der Waals surface area contributed by atoms with Crippen molar-refractivity contribution in [3.8, 4) is 16.9 Å². The number of hydrogen-bond acceptors (Lipinski definition) is 2. The second-order valence-electron chi connectivity index (χ2n) is 7.06. The molecule has 27 heavy (non-hydrogen) atoms. The highest BCUT2D eigenvalue weighted by atomic mass is 16.5. The molecule has 132 valence electrons. The van der Waals surface area contributed by atoms with E-state index in [9.17, 15) is 0 Å². The highest BCUT2D eigenvalue weighted by Gasteiger charge is 2.22. The van der Waals surface area contributed by atoms with Crippen molar-refractivity contribution < 1.29 is 9.15 Å². The van der Waals surface area contributed by atoms with E-state index in [-0.39, 0.29) is 0 Å². The van der Waals surface area contributed by atoms with Gasteiger partial charge in [-0.1, -0.05) is 48.5 Å². The van der Waals surface area contributed by atoms with E-state index in [2.05, 4.69) is 55.5 Å². The summed E-state index contributed by atoms with van der Waals surface area (Å²) in [5.74, 6) is 1.86. The highest BCUT2D eigenvalue weighted by molar-refractivity contribution is 6.00. The molecule has 4 aromatic rings. The fraction of sp³-hybridized carbons (Fsp3) is 0.120. The first kappa shape index (κ1) is 16.0. The lowest BCUT2D eigenvalue weighted by Gasteiger charge is -2.12. The summed E-state index contributed by atoms with van der Waals surface area (Å²) in [7, 11) is 1.71. The molecule has 5 rings (SSSR count). The molecule has 0 atom stereocenters. The van der Waals surface area contributed by atoms with Crippen LogP contribution in [0, 0.1) is 6.92 Å². The molecule has 0 unspecified atom stereocenters. The van der Waals surface area contributed by atoms with Crippen molar-refractivity contribution >= 4 is 22.4 Å². The van der Waals surface area contributed by atoms with Crippen molar-refractivity contribution in [2.45, 2.75) is 13.3 Å². The van der Waals surface area contributed by atoms with Crippen molar-refractivity contribution in [1.29, 1.82) is 0 Å². The molecule has 0 N–H and O–H groups in total. The minimum absolute atomic E-state index is 0.878. The minimum atomic E-state index is 0.878. The Morgan fingerprint density at radius 1 is 0.963 bits per heavy atom. The summed E-state index contributed by atoms with van der Waals surface area (Å²) in [6.45, 7) is 2.17. The maximum atomic E-state index is 5.95. The van der Waals surface area contributed by atoms with Crippen LogP contribution in [0.1, 0.15) is 22.5 Å². The predicted octanol–water partition coefficient (Wildman–Crippen LogP) is 6.51. The molecular formula is C25H20O2. The molecule has 0 saturated heterocycles. The number of hydrogen-bond donors (Lipinski definition) is 0. The van der Waals surface area contributed by atoms with Crippen molar-refractivity contribution in [2.75, 3.05) is 7.11 Å². The first-order valence-electron chi connectivity index (χ1n) is 9.18. The Morgan fingerprint density at radius 2 is 1.85 bits per heavy atom. The number of rotatable bonds is 3. The van der Waals surface area contributed by atoms with E-state index in [1.54, 1.807) is 7.11 Å². The Kier molecular flexibility index (Phi) is 3.64. The van der Waals surface area contributed by atoms with Crippen LogP contribution in [-0.2, 0) is 6.42 Å². The van der Waals surface area contributed by atoms with Crippen LogP contribution in [0.4, 0.5) is 0 Å². The molecule has 0 aliphatic heterocycles. The number of methoxy groups -OCH3 is 1. The van der Waals surface area contributed by atoms with Gasteiger partial charge in [-0.05, 0) is 52.9 Å². The van der Waals surface area contributed by atoms with Gasteiger partial charge in [0.2, 0.25) is 0 Å². The molecule has 0 radical (unpaired) electrons. The molecule has 0 saturated carbocycles. The summed E-state index contributed by atoms with van der Waals surface area (Å²) in [5.41, 5.74) is 7.60. The van der Waals surface area contributed by atoms with Gasteiger partial charge in [0.05, 0.1) is 13.4 Å². The second-order valence-corrected chi connectivity index (χ2v) is 7.06. The molecular weight excluding hydrogens is 332 g/mol. The third-order valence-corrected chi connectivity index (χ3v) is 5.40. The monoisotopic (exact) mass is 352 g/mol.